The van der Waals surface area contributed by atoms with Gasteiger partial charge in [0.2, 0.25) is 0 Å². The maximum atomic E-state index is 5.87. The Bertz CT molecular complexity index is 339. The van der Waals surface area contributed by atoms with Crippen molar-refractivity contribution in [2.24, 2.45) is 0 Å². The summed E-state index contributed by atoms with van der Waals surface area (Å²) < 4.78 is 5.87. The number of ether oxygens (including phenoxy) is 1. The van der Waals surface area contributed by atoms with E-state index in [9.17, 15) is 0 Å². The van der Waals surface area contributed by atoms with Gasteiger partial charge in [0.1, 0.15) is 0 Å². The van der Waals surface area contributed by atoms with Crippen LogP contribution >= 0.6 is 0 Å². The van der Waals surface area contributed by atoms with Gasteiger partial charge in [0.05, 0.1) is 11.7 Å². The predicted molar refractivity (Wildman–Crippen MR) is 53.7 cm³/mol. The van der Waals surface area contributed by atoms with Crippen molar-refractivity contribution in [2.75, 3.05) is 0 Å². The first-order valence-corrected chi connectivity index (χ1v) is 4.79. The molecular formula is C12H16O. The molecule has 13 heavy (non-hydrogen) atoms. The second-order valence-corrected chi connectivity index (χ2v) is 4.36. The quantitative estimate of drug-likeness (QED) is 0.589. The molecule has 1 unspecified atom stereocenters. The highest BCUT2D eigenvalue weighted by atomic mass is 16.5. The highest BCUT2D eigenvalue weighted by Gasteiger charge is 2.35. The van der Waals surface area contributed by atoms with E-state index in [1.165, 1.54) is 16.7 Å². The Morgan fingerprint density at radius 2 is 2.00 bits per heavy atom. The molecule has 1 aliphatic heterocycles. The molecule has 0 amide bonds. The largest absolute Gasteiger partial charge is 0.363 e. The number of rotatable bonds is 0. The molecule has 0 spiro atoms. The van der Waals surface area contributed by atoms with Gasteiger partial charge in [-0.2, -0.15) is 0 Å². The van der Waals surface area contributed by atoms with Gasteiger partial charge in [-0.05, 0) is 38.8 Å². The van der Waals surface area contributed by atoms with E-state index in [0.717, 1.165) is 0 Å². The molecule has 0 bridgehead atoms. The van der Waals surface area contributed by atoms with Gasteiger partial charge in [-0.3, -0.25) is 0 Å². The molecule has 2 rings (SSSR count). The summed E-state index contributed by atoms with van der Waals surface area (Å²) in [6.07, 6.45) is 0.241. The van der Waals surface area contributed by atoms with Crippen molar-refractivity contribution < 1.29 is 4.74 Å². The number of aryl methyl sites for hydroxylation is 1. The Morgan fingerprint density at radius 1 is 1.31 bits per heavy atom. The molecule has 0 saturated carbocycles. The predicted octanol–water partition coefficient (Wildman–Crippen LogP) is 3.32. The van der Waals surface area contributed by atoms with E-state index in [1.54, 1.807) is 0 Å². The van der Waals surface area contributed by atoms with Crippen LogP contribution in [0.15, 0.2) is 18.2 Å². The number of hydrogen-bond donors (Lipinski definition) is 0. The summed E-state index contributed by atoms with van der Waals surface area (Å²) in [6, 6.07) is 6.57. The standard InChI is InChI=1S/C12H16O/c1-8-5-6-10-9(2)13-12(3,4)11(10)7-8/h5-7,9H,1-4H3. The first kappa shape index (κ1) is 8.76. The maximum Gasteiger partial charge on any atom is 0.0887 e. The topological polar surface area (TPSA) is 9.23 Å². The van der Waals surface area contributed by atoms with E-state index in [2.05, 4.69) is 45.9 Å². The molecule has 1 heterocycles. The molecule has 1 aromatic rings. The summed E-state index contributed by atoms with van der Waals surface area (Å²) in [5.41, 5.74) is 3.89. The molecule has 0 radical (unpaired) electrons. The first-order valence-electron chi connectivity index (χ1n) is 4.79. The number of hydrogen-bond acceptors (Lipinski definition) is 1. The lowest BCUT2D eigenvalue weighted by molar-refractivity contribution is -0.0435. The van der Waals surface area contributed by atoms with Gasteiger partial charge in [-0.15, -0.1) is 0 Å². The Kier molecular flexibility index (Phi) is 1.74. The van der Waals surface area contributed by atoms with Crippen LogP contribution in [0, 0.1) is 6.92 Å². The van der Waals surface area contributed by atoms with Gasteiger partial charge in [0, 0.05) is 0 Å². The third kappa shape index (κ3) is 1.28. The minimum atomic E-state index is -0.110. The zero-order valence-electron chi connectivity index (χ0n) is 8.72. The molecule has 1 atom stereocenters. The highest BCUT2D eigenvalue weighted by molar-refractivity contribution is 5.39. The fourth-order valence-corrected chi connectivity index (χ4v) is 2.11. The third-order valence-corrected chi connectivity index (χ3v) is 2.77. The molecule has 1 aliphatic rings. The monoisotopic (exact) mass is 176 g/mol. The van der Waals surface area contributed by atoms with E-state index in [4.69, 9.17) is 4.74 Å². The van der Waals surface area contributed by atoms with Crippen molar-refractivity contribution >= 4 is 0 Å². The zero-order chi connectivity index (χ0) is 9.64. The Labute approximate surface area is 79.7 Å². The lowest BCUT2D eigenvalue weighted by atomic mass is 9.93. The molecular weight excluding hydrogens is 160 g/mol. The van der Waals surface area contributed by atoms with Crippen LogP contribution < -0.4 is 0 Å². The van der Waals surface area contributed by atoms with Gasteiger partial charge < -0.3 is 4.74 Å². The SMILES string of the molecule is Cc1ccc2c(c1)C(C)(C)OC2C. The normalized spacial score (nSPS) is 24.5. The molecule has 0 N–H and O–H groups in total. The van der Waals surface area contributed by atoms with Gasteiger partial charge in [-0.25, -0.2) is 0 Å². The molecule has 0 aromatic heterocycles. The van der Waals surface area contributed by atoms with Crippen molar-refractivity contribution in [2.45, 2.75) is 39.4 Å². The van der Waals surface area contributed by atoms with E-state index < -0.39 is 0 Å². The first-order chi connectivity index (χ1) is 6.00. The van der Waals surface area contributed by atoms with Crippen LogP contribution in [0.25, 0.3) is 0 Å². The van der Waals surface area contributed by atoms with Crippen LogP contribution in [0.5, 0.6) is 0 Å². The van der Waals surface area contributed by atoms with Gasteiger partial charge in [0.15, 0.2) is 0 Å². The lowest BCUT2D eigenvalue weighted by Gasteiger charge is -2.19. The summed E-state index contributed by atoms with van der Waals surface area (Å²) >= 11 is 0. The lowest BCUT2D eigenvalue weighted by Crippen LogP contribution is -2.15. The molecule has 1 nitrogen and oxygen atoms in total. The van der Waals surface area contributed by atoms with Crippen LogP contribution in [0.1, 0.15) is 43.6 Å². The molecule has 1 heteroatoms. The fourth-order valence-electron chi connectivity index (χ4n) is 2.11. The zero-order valence-corrected chi connectivity index (χ0v) is 8.72. The van der Waals surface area contributed by atoms with E-state index in [-0.39, 0.29) is 11.7 Å². The average Bonchev–Trinajstić information content (AvgIpc) is 2.23. The third-order valence-electron chi connectivity index (χ3n) is 2.77. The van der Waals surface area contributed by atoms with E-state index in [0.29, 0.717) is 0 Å². The second kappa shape index (κ2) is 2.58. The smallest absolute Gasteiger partial charge is 0.0887 e. The van der Waals surface area contributed by atoms with Gasteiger partial charge >= 0.3 is 0 Å². The molecule has 0 saturated heterocycles. The van der Waals surface area contributed by atoms with Crippen molar-refractivity contribution in [3.8, 4) is 0 Å². The molecule has 70 valence electrons. The maximum absolute atomic E-state index is 5.87. The Hall–Kier alpha value is -0.820. The number of benzene rings is 1. The summed E-state index contributed by atoms with van der Waals surface area (Å²) in [6.45, 7) is 8.51. The summed E-state index contributed by atoms with van der Waals surface area (Å²) in [7, 11) is 0. The Balaban J connectivity index is 2.60. The van der Waals surface area contributed by atoms with Crippen LogP contribution in [-0.2, 0) is 10.3 Å². The molecule has 1 aromatic carbocycles. The van der Waals surface area contributed by atoms with Crippen molar-refractivity contribution in [1.29, 1.82) is 0 Å². The van der Waals surface area contributed by atoms with E-state index >= 15 is 0 Å². The Morgan fingerprint density at radius 3 is 2.69 bits per heavy atom. The van der Waals surface area contributed by atoms with E-state index in [1.807, 2.05) is 0 Å². The molecule has 0 fully saturated rings. The minimum absolute atomic E-state index is 0.110. The van der Waals surface area contributed by atoms with Crippen LogP contribution in [0.4, 0.5) is 0 Å². The van der Waals surface area contributed by atoms with Crippen LogP contribution in [0.2, 0.25) is 0 Å². The van der Waals surface area contributed by atoms with Crippen LogP contribution in [0.3, 0.4) is 0 Å². The average molecular weight is 176 g/mol. The van der Waals surface area contributed by atoms with Crippen molar-refractivity contribution in [3.63, 3.8) is 0 Å². The summed E-state index contributed by atoms with van der Waals surface area (Å²) in [5.74, 6) is 0. The number of fused-ring (bicyclic) bond motifs is 1. The fraction of sp³-hybridized carbons (Fsp3) is 0.500. The van der Waals surface area contributed by atoms with Gasteiger partial charge in [-0.1, -0.05) is 23.8 Å². The minimum Gasteiger partial charge on any atom is -0.363 e. The van der Waals surface area contributed by atoms with Gasteiger partial charge in [0.25, 0.3) is 0 Å². The van der Waals surface area contributed by atoms with Crippen molar-refractivity contribution in [3.05, 3.63) is 34.9 Å². The van der Waals surface area contributed by atoms with Crippen molar-refractivity contribution in [1.82, 2.24) is 0 Å². The second-order valence-electron chi connectivity index (χ2n) is 4.36. The van der Waals surface area contributed by atoms with Crippen LogP contribution in [-0.4, -0.2) is 0 Å². The highest BCUT2D eigenvalue weighted by Crippen LogP contribution is 2.42. The molecule has 0 aliphatic carbocycles. The summed E-state index contributed by atoms with van der Waals surface area (Å²) in [4.78, 5) is 0. The summed E-state index contributed by atoms with van der Waals surface area (Å²) in [5, 5.41) is 0.